The highest BCUT2D eigenvalue weighted by Crippen LogP contribution is 2.28. The molecule has 0 spiro atoms. The zero-order chi connectivity index (χ0) is 18.1. The van der Waals surface area contributed by atoms with E-state index in [0.717, 1.165) is 13.1 Å². The summed E-state index contributed by atoms with van der Waals surface area (Å²) >= 11 is 0. The number of aromatic nitrogens is 2. The third kappa shape index (κ3) is 3.43. The van der Waals surface area contributed by atoms with Gasteiger partial charge in [0.05, 0.1) is 0 Å². The van der Waals surface area contributed by atoms with Gasteiger partial charge in [0.15, 0.2) is 5.76 Å². The Balaban J connectivity index is 1.43. The van der Waals surface area contributed by atoms with E-state index in [2.05, 4.69) is 15.1 Å². The highest BCUT2D eigenvalue weighted by molar-refractivity contribution is 7.89. The van der Waals surface area contributed by atoms with Crippen LogP contribution < -0.4 is 0 Å². The quantitative estimate of drug-likeness (QED) is 0.803. The van der Waals surface area contributed by atoms with E-state index in [4.69, 9.17) is 8.83 Å². The third-order valence-corrected chi connectivity index (χ3v) is 7.05. The van der Waals surface area contributed by atoms with Crippen molar-refractivity contribution in [2.45, 2.75) is 50.2 Å². The van der Waals surface area contributed by atoms with Crippen LogP contribution in [-0.2, 0) is 10.0 Å². The lowest BCUT2D eigenvalue weighted by atomic mass is 9.94. The second kappa shape index (κ2) is 7.13. The maximum Gasteiger partial charge on any atom is 0.283 e. The maximum absolute atomic E-state index is 12.9. The number of aryl methyl sites for hydroxylation is 1. The SMILES string of the molecule is Cc1nnc(-c2ccc(S(=O)(=O)N3CCN(C4CCCCC4)CC3)o2)o1. The van der Waals surface area contributed by atoms with Gasteiger partial charge in [-0.2, -0.15) is 4.31 Å². The van der Waals surface area contributed by atoms with Crippen LogP contribution in [-0.4, -0.2) is 60.0 Å². The molecule has 0 radical (unpaired) electrons. The number of sulfonamides is 1. The molecule has 0 N–H and O–H groups in total. The van der Waals surface area contributed by atoms with Crippen LogP contribution in [0.25, 0.3) is 11.7 Å². The molecule has 0 atom stereocenters. The Morgan fingerprint density at radius 3 is 2.38 bits per heavy atom. The van der Waals surface area contributed by atoms with Crippen molar-refractivity contribution in [3.05, 3.63) is 18.0 Å². The lowest BCUT2D eigenvalue weighted by Gasteiger charge is -2.39. The largest absolute Gasteiger partial charge is 0.438 e. The predicted molar refractivity (Wildman–Crippen MR) is 93.9 cm³/mol. The number of furan rings is 1. The summed E-state index contributed by atoms with van der Waals surface area (Å²) in [5, 5.41) is 7.52. The number of hydrogen-bond acceptors (Lipinski definition) is 7. The number of hydrogen-bond donors (Lipinski definition) is 0. The lowest BCUT2D eigenvalue weighted by Crippen LogP contribution is -2.52. The normalized spacial score (nSPS) is 21.3. The van der Waals surface area contributed by atoms with Crippen LogP contribution in [0.3, 0.4) is 0 Å². The van der Waals surface area contributed by atoms with E-state index in [1.165, 1.54) is 42.5 Å². The molecule has 3 heterocycles. The van der Waals surface area contributed by atoms with Crippen LogP contribution in [0.15, 0.2) is 26.1 Å². The Kier molecular flexibility index (Phi) is 4.85. The Bertz CT molecular complexity index is 846. The Morgan fingerprint density at radius 2 is 1.73 bits per heavy atom. The fourth-order valence-corrected chi connectivity index (χ4v) is 5.19. The minimum atomic E-state index is -3.65. The van der Waals surface area contributed by atoms with E-state index in [0.29, 0.717) is 25.0 Å². The van der Waals surface area contributed by atoms with Crippen LogP contribution in [0.1, 0.15) is 38.0 Å². The molecule has 4 rings (SSSR count). The molecule has 1 saturated carbocycles. The van der Waals surface area contributed by atoms with Crippen molar-refractivity contribution in [2.75, 3.05) is 26.2 Å². The van der Waals surface area contributed by atoms with E-state index in [9.17, 15) is 8.42 Å². The van der Waals surface area contributed by atoms with Gasteiger partial charge in [0.25, 0.3) is 15.9 Å². The highest BCUT2D eigenvalue weighted by Gasteiger charge is 2.33. The number of nitrogens with zero attached hydrogens (tertiary/aromatic N) is 4. The van der Waals surface area contributed by atoms with Gasteiger partial charge in [-0.25, -0.2) is 8.42 Å². The van der Waals surface area contributed by atoms with Gasteiger partial charge in [-0.05, 0) is 25.0 Å². The molecule has 0 unspecified atom stereocenters. The fraction of sp³-hybridized carbons (Fsp3) is 0.647. The molecule has 0 amide bonds. The van der Waals surface area contributed by atoms with Gasteiger partial charge in [-0.1, -0.05) is 19.3 Å². The molecule has 1 aliphatic carbocycles. The molecule has 2 aromatic heterocycles. The Hall–Kier alpha value is -1.71. The summed E-state index contributed by atoms with van der Waals surface area (Å²) in [7, 11) is -3.65. The summed E-state index contributed by atoms with van der Waals surface area (Å²) < 4.78 is 38.0. The van der Waals surface area contributed by atoms with E-state index < -0.39 is 10.0 Å². The molecule has 8 nitrogen and oxygen atoms in total. The molecule has 9 heteroatoms. The van der Waals surface area contributed by atoms with Gasteiger partial charge in [0.1, 0.15) is 0 Å². The third-order valence-electron chi connectivity index (χ3n) is 5.28. The lowest BCUT2D eigenvalue weighted by molar-refractivity contribution is 0.110. The molecule has 2 fully saturated rings. The van der Waals surface area contributed by atoms with Gasteiger partial charge in [0.2, 0.25) is 11.0 Å². The summed E-state index contributed by atoms with van der Waals surface area (Å²) in [5.41, 5.74) is 0. The maximum atomic E-state index is 12.9. The van der Waals surface area contributed by atoms with Crippen molar-refractivity contribution in [1.82, 2.24) is 19.4 Å². The summed E-state index contributed by atoms with van der Waals surface area (Å²) in [6.07, 6.45) is 6.36. The average Bonchev–Trinajstić information content (AvgIpc) is 3.32. The molecule has 26 heavy (non-hydrogen) atoms. The Morgan fingerprint density at radius 1 is 1.00 bits per heavy atom. The minimum absolute atomic E-state index is 0.0746. The predicted octanol–water partition coefficient (Wildman–Crippen LogP) is 2.28. The Labute approximate surface area is 153 Å². The molecular formula is C17H24N4O4S. The molecule has 1 aliphatic heterocycles. The smallest absolute Gasteiger partial charge is 0.283 e. The molecule has 2 aliphatic rings. The van der Waals surface area contributed by atoms with Gasteiger partial charge >= 0.3 is 0 Å². The first kappa shape index (κ1) is 17.7. The second-order valence-corrected chi connectivity index (χ2v) is 8.85. The highest BCUT2D eigenvalue weighted by atomic mass is 32.2. The summed E-state index contributed by atoms with van der Waals surface area (Å²) in [6, 6.07) is 3.63. The first-order valence-corrected chi connectivity index (χ1v) is 10.6. The molecule has 0 bridgehead atoms. The standard InChI is InChI=1S/C17H24N4O4S/c1-13-18-19-17(24-13)15-7-8-16(25-15)26(22,23)21-11-9-20(10-12-21)14-5-3-2-4-6-14/h7-8,14H,2-6,9-12H2,1H3. The summed E-state index contributed by atoms with van der Waals surface area (Å²) in [4.78, 5) is 2.44. The van der Waals surface area contributed by atoms with Crippen LogP contribution in [0.5, 0.6) is 0 Å². The van der Waals surface area contributed by atoms with Crippen molar-refractivity contribution in [2.24, 2.45) is 0 Å². The number of piperazine rings is 1. The monoisotopic (exact) mass is 380 g/mol. The minimum Gasteiger partial charge on any atom is -0.438 e. The summed E-state index contributed by atoms with van der Waals surface area (Å²) in [5.74, 6) is 0.857. The fourth-order valence-electron chi connectivity index (χ4n) is 3.85. The zero-order valence-electron chi connectivity index (χ0n) is 14.9. The van der Waals surface area contributed by atoms with Crippen LogP contribution in [0, 0.1) is 6.92 Å². The molecule has 142 valence electrons. The summed E-state index contributed by atoms with van der Waals surface area (Å²) in [6.45, 7) is 4.21. The van der Waals surface area contributed by atoms with Gasteiger partial charge in [-0.15, -0.1) is 10.2 Å². The van der Waals surface area contributed by atoms with Crippen molar-refractivity contribution in [3.63, 3.8) is 0 Å². The topological polar surface area (TPSA) is 92.7 Å². The first-order chi connectivity index (χ1) is 12.5. The van der Waals surface area contributed by atoms with Crippen molar-refractivity contribution < 1.29 is 17.3 Å². The average molecular weight is 380 g/mol. The van der Waals surface area contributed by atoms with Crippen molar-refractivity contribution >= 4 is 10.0 Å². The van der Waals surface area contributed by atoms with Gasteiger partial charge in [0, 0.05) is 39.1 Å². The first-order valence-electron chi connectivity index (χ1n) is 9.18. The molecule has 1 saturated heterocycles. The van der Waals surface area contributed by atoms with E-state index >= 15 is 0 Å². The second-order valence-electron chi connectivity index (χ2n) is 6.98. The van der Waals surface area contributed by atoms with Crippen molar-refractivity contribution in [3.8, 4) is 11.7 Å². The molecule has 2 aromatic rings. The van der Waals surface area contributed by atoms with E-state index in [-0.39, 0.29) is 16.7 Å². The van der Waals surface area contributed by atoms with Crippen LogP contribution in [0.2, 0.25) is 0 Å². The van der Waals surface area contributed by atoms with Gasteiger partial charge < -0.3 is 8.83 Å². The van der Waals surface area contributed by atoms with Crippen molar-refractivity contribution in [1.29, 1.82) is 0 Å². The van der Waals surface area contributed by atoms with Gasteiger partial charge in [-0.3, -0.25) is 4.90 Å². The van der Waals surface area contributed by atoms with E-state index in [1.807, 2.05) is 0 Å². The molecular weight excluding hydrogens is 356 g/mol. The van der Waals surface area contributed by atoms with E-state index in [1.54, 1.807) is 13.0 Å². The van der Waals surface area contributed by atoms with Crippen LogP contribution >= 0.6 is 0 Å². The zero-order valence-corrected chi connectivity index (χ0v) is 15.7. The van der Waals surface area contributed by atoms with Crippen LogP contribution in [0.4, 0.5) is 0 Å². The number of rotatable bonds is 4. The molecule has 0 aromatic carbocycles.